The Morgan fingerprint density at radius 1 is 1.42 bits per heavy atom. The first-order valence-electron chi connectivity index (χ1n) is 6.51. The van der Waals surface area contributed by atoms with Gasteiger partial charge in [0.1, 0.15) is 16.9 Å². The smallest absolute Gasteiger partial charge is 0.328 e. The van der Waals surface area contributed by atoms with E-state index in [1.807, 2.05) is 26.0 Å². The van der Waals surface area contributed by atoms with Gasteiger partial charge in [0.15, 0.2) is 0 Å². The third-order valence-electron chi connectivity index (χ3n) is 3.63. The molecule has 0 spiro atoms. The van der Waals surface area contributed by atoms with Crippen molar-refractivity contribution < 1.29 is 14.6 Å². The molecule has 1 heterocycles. The molecule has 19 heavy (non-hydrogen) atoms. The van der Waals surface area contributed by atoms with Crippen molar-refractivity contribution in [3.05, 3.63) is 29.3 Å². The zero-order valence-electron chi connectivity index (χ0n) is 11.9. The van der Waals surface area contributed by atoms with Crippen LogP contribution in [0.4, 0.5) is 0 Å². The first-order valence-corrected chi connectivity index (χ1v) is 6.51. The highest BCUT2D eigenvalue weighted by atomic mass is 16.5. The van der Waals surface area contributed by atoms with Gasteiger partial charge in [0.2, 0.25) is 0 Å². The number of hydrogen-bond donors (Lipinski definition) is 2. The summed E-state index contributed by atoms with van der Waals surface area (Å²) in [7, 11) is 0. The van der Waals surface area contributed by atoms with Gasteiger partial charge in [-0.3, -0.25) is 0 Å². The second kappa shape index (κ2) is 4.23. The summed E-state index contributed by atoms with van der Waals surface area (Å²) in [6, 6.07) is 5.62. The topological polar surface area (TPSA) is 72.5 Å². The number of ether oxygens (including phenoxy) is 1. The summed E-state index contributed by atoms with van der Waals surface area (Å²) < 4.78 is 5.91. The Morgan fingerprint density at radius 3 is 2.58 bits per heavy atom. The standard InChI is InChI=1S/C15H21NO3/c1-9(2)10-5-6-11-12(7-10)19-14(3,4)8-15(11,16)13(17)18/h5-7,9H,8,16H2,1-4H3,(H,17,18). The number of carboxylic acids is 1. The molecule has 0 radical (unpaired) electrons. The molecule has 4 nitrogen and oxygen atoms in total. The maximum atomic E-state index is 11.6. The molecule has 0 saturated heterocycles. The first-order chi connectivity index (χ1) is 8.66. The zero-order chi connectivity index (χ0) is 14.4. The molecule has 1 atom stereocenters. The van der Waals surface area contributed by atoms with Crippen molar-refractivity contribution in [3.8, 4) is 5.75 Å². The molecule has 0 bridgehead atoms. The minimum Gasteiger partial charge on any atom is -0.487 e. The van der Waals surface area contributed by atoms with Gasteiger partial charge in [-0.2, -0.15) is 0 Å². The van der Waals surface area contributed by atoms with Crippen molar-refractivity contribution in [2.45, 2.75) is 51.2 Å². The van der Waals surface area contributed by atoms with E-state index in [0.717, 1.165) is 5.56 Å². The van der Waals surface area contributed by atoms with Crippen LogP contribution < -0.4 is 10.5 Å². The summed E-state index contributed by atoms with van der Waals surface area (Å²) in [6.07, 6.45) is 0.253. The largest absolute Gasteiger partial charge is 0.487 e. The molecule has 1 aromatic carbocycles. The number of nitrogens with two attached hydrogens (primary N) is 1. The van der Waals surface area contributed by atoms with E-state index >= 15 is 0 Å². The summed E-state index contributed by atoms with van der Waals surface area (Å²) in [6.45, 7) is 7.90. The van der Waals surface area contributed by atoms with E-state index in [1.54, 1.807) is 6.07 Å². The minimum absolute atomic E-state index is 0.253. The predicted octanol–water partition coefficient (Wildman–Crippen LogP) is 2.61. The van der Waals surface area contributed by atoms with Gasteiger partial charge in [0, 0.05) is 12.0 Å². The van der Waals surface area contributed by atoms with Crippen LogP contribution in [0.3, 0.4) is 0 Å². The molecular formula is C15H21NO3. The van der Waals surface area contributed by atoms with Crippen molar-refractivity contribution in [3.63, 3.8) is 0 Å². The first kappa shape index (κ1) is 13.9. The minimum atomic E-state index is -1.38. The fourth-order valence-electron chi connectivity index (χ4n) is 2.64. The average molecular weight is 263 g/mol. The van der Waals surface area contributed by atoms with Gasteiger partial charge < -0.3 is 15.6 Å². The number of carboxylic acid groups (broad SMARTS) is 1. The van der Waals surface area contributed by atoms with Crippen LogP contribution in [-0.4, -0.2) is 16.7 Å². The number of hydrogen-bond acceptors (Lipinski definition) is 3. The third kappa shape index (κ3) is 2.32. The van der Waals surface area contributed by atoms with Crippen LogP contribution in [-0.2, 0) is 10.3 Å². The molecule has 0 aliphatic carbocycles. The second-order valence-electron chi connectivity index (χ2n) is 6.23. The average Bonchev–Trinajstić information content (AvgIpc) is 2.26. The molecule has 4 heteroatoms. The van der Waals surface area contributed by atoms with E-state index in [9.17, 15) is 9.90 Å². The molecule has 0 aromatic heterocycles. The summed E-state index contributed by atoms with van der Waals surface area (Å²) >= 11 is 0. The van der Waals surface area contributed by atoms with Gasteiger partial charge in [0.05, 0.1) is 0 Å². The van der Waals surface area contributed by atoms with Gasteiger partial charge in [-0.25, -0.2) is 4.79 Å². The Balaban J connectivity index is 2.60. The molecule has 0 amide bonds. The molecule has 2 rings (SSSR count). The van der Waals surface area contributed by atoms with Crippen LogP contribution in [0.25, 0.3) is 0 Å². The highest BCUT2D eigenvalue weighted by Gasteiger charge is 2.48. The Kier molecular flexibility index (Phi) is 3.09. The van der Waals surface area contributed by atoms with Crippen LogP contribution in [0.15, 0.2) is 18.2 Å². The monoisotopic (exact) mass is 263 g/mol. The van der Waals surface area contributed by atoms with Crippen molar-refractivity contribution in [1.29, 1.82) is 0 Å². The Morgan fingerprint density at radius 2 is 2.05 bits per heavy atom. The van der Waals surface area contributed by atoms with Gasteiger partial charge in [0.25, 0.3) is 0 Å². The third-order valence-corrected chi connectivity index (χ3v) is 3.63. The molecule has 1 aliphatic heterocycles. The molecule has 0 saturated carbocycles. The fraction of sp³-hybridized carbons (Fsp3) is 0.533. The zero-order valence-corrected chi connectivity index (χ0v) is 11.9. The lowest BCUT2D eigenvalue weighted by Gasteiger charge is -2.41. The lowest BCUT2D eigenvalue weighted by atomic mass is 9.78. The Bertz CT molecular complexity index is 522. The molecule has 1 unspecified atom stereocenters. The van der Waals surface area contributed by atoms with E-state index in [-0.39, 0.29) is 6.42 Å². The highest BCUT2D eigenvalue weighted by Crippen LogP contribution is 2.43. The molecule has 3 N–H and O–H groups in total. The summed E-state index contributed by atoms with van der Waals surface area (Å²) in [5.74, 6) is -0.0642. The quantitative estimate of drug-likeness (QED) is 0.860. The van der Waals surface area contributed by atoms with Crippen LogP contribution >= 0.6 is 0 Å². The number of carbonyl (C=O) groups is 1. The van der Waals surface area contributed by atoms with E-state index in [2.05, 4.69) is 13.8 Å². The Hall–Kier alpha value is -1.55. The lowest BCUT2D eigenvalue weighted by Crippen LogP contribution is -2.54. The van der Waals surface area contributed by atoms with Crippen molar-refractivity contribution >= 4 is 5.97 Å². The van der Waals surface area contributed by atoms with E-state index in [0.29, 0.717) is 17.2 Å². The molecule has 104 valence electrons. The number of rotatable bonds is 2. The molecular weight excluding hydrogens is 242 g/mol. The van der Waals surface area contributed by atoms with Crippen molar-refractivity contribution in [2.24, 2.45) is 5.73 Å². The van der Waals surface area contributed by atoms with Crippen molar-refractivity contribution in [2.75, 3.05) is 0 Å². The summed E-state index contributed by atoms with van der Waals surface area (Å²) in [5.41, 5.74) is 5.84. The summed E-state index contributed by atoms with van der Waals surface area (Å²) in [4.78, 5) is 11.6. The Labute approximate surface area is 113 Å². The number of aliphatic carboxylic acids is 1. The van der Waals surface area contributed by atoms with Crippen LogP contribution in [0.5, 0.6) is 5.75 Å². The van der Waals surface area contributed by atoms with Crippen molar-refractivity contribution in [1.82, 2.24) is 0 Å². The van der Waals surface area contributed by atoms with E-state index < -0.39 is 17.1 Å². The highest BCUT2D eigenvalue weighted by molar-refractivity contribution is 5.82. The second-order valence-corrected chi connectivity index (χ2v) is 6.23. The fourth-order valence-corrected chi connectivity index (χ4v) is 2.64. The van der Waals surface area contributed by atoms with Gasteiger partial charge in [-0.05, 0) is 31.4 Å². The molecule has 1 aliphatic rings. The van der Waals surface area contributed by atoms with Gasteiger partial charge in [-0.15, -0.1) is 0 Å². The molecule has 0 fully saturated rings. The van der Waals surface area contributed by atoms with Crippen LogP contribution in [0, 0.1) is 0 Å². The summed E-state index contributed by atoms with van der Waals surface area (Å²) in [5, 5.41) is 9.47. The van der Waals surface area contributed by atoms with Crippen LogP contribution in [0.2, 0.25) is 0 Å². The SMILES string of the molecule is CC(C)c1ccc2c(c1)OC(C)(C)CC2(N)C(=O)O. The normalized spacial score (nSPS) is 24.7. The maximum Gasteiger partial charge on any atom is 0.328 e. The number of fused-ring (bicyclic) bond motifs is 1. The lowest BCUT2D eigenvalue weighted by molar-refractivity contribution is -0.147. The van der Waals surface area contributed by atoms with E-state index in [1.165, 1.54) is 0 Å². The van der Waals surface area contributed by atoms with Gasteiger partial charge in [-0.1, -0.05) is 26.0 Å². The number of benzene rings is 1. The maximum absolute atomic E-state index is 11.6. The molecule has 1 aromatic rings. The predicted molar refractivity (Wildman–Crippen MR) is 73.4 cm³/mol. The van der Waals surface area contributed by atoms with Gasteiger partial charge >= 0.3 is 5.97 Å². The van der Waals surface area contributed by atoms with Crippen LogP contribution in [0.1, 0.15) is 51.2 Å². The van der Waals surface area contributed by atoms with E-state index in [4.69, 9.17) is 10.5 Å².